The van der Waals surface area contributed by atoms with Crippen molar-refractivity contribution in [1.82, 2.24) is 15.1 Å². The van der Waals surface area contributed by atoms with Crippen molar-refractivity contribution in [3.05, 3.63) is 40.7 Å². The number of aromatic amines is 1. The second-order valence-electron chi connectivity index (χ2n) is 5.04. The molecule has 21 heavy (non-hydrogen) atoms. The number of nitrogens with one attached hydrogen (secondary N) is 1. The molecule has 0 spiro atoms. The molecular weight excluding hydrogens is 270 g/mol. The molecule has 1 atom stereocenters. The number of benzene rings is 1. The van der Waals surface area contributed by atoms with Crippen LogP contribution in [0.15, 0.2) is 18.2 Å². The zero-order valence-electron chi connectivity index (χ0n) is 12.4. The number of ether oxygens (including phenoxy) is 2. The van der Waals surface area contributed by atoms with E-state index < -0.39 is 0 Å². The number of rotatable bonds is 3. The van der Waals surface area contributed by atoms with Crippen LogP contribution in [0.5, 0.6) is 11.5 Å². The molecule has 1 aromatic heterocycles. The molecule has 0 unspecified atom stereocenters. The molecule has 0 saturated heterocycles. The lowest BCUT2D eigenvalue weighted by atomic mass is 9.98. The van der Waals surface area contributed by atoms with Gasteiger partial charge in [-0.15, -0.1) is 0 Å². The summed E-state index contributed by atoms with van der Waals surface area (Å²) < 4.78 is 10.7. The van der Waals surface area contributed by atoms with Gasteiger partial charge in [-0.2, -0.15) is 5.10 Å². The minimum Gasteiger partial charge on any atom is -0.497 e. The van der Waals surface area contributed by atoms with Gasteiger partial charge in [-0.3, -0.25) is 9.89 Å². The number of hydrogen-bond acceptors (Lipinski definition) is 4. The largest absolute Gasteiger partial charge is 0.497 e. The molecule has 0 aliphatic carbocycles. The predicted octanol–water partition coefficient (Wildman–Crippen LogP) is 1.91. The van der Waals surface area contributed by atoms with Gasteiger partial charge in [0.2, 0.25) is 0 Å². The molecule has 1 aliphatic heterocycles. The normalized spacial score (nSPS) is 17.0. The highest BCUT2D eigenvalue weighted by atomic mass is 16.5. The van der Waals surface area contributed by atoms with Crippen LogP contribution in [-0.2, 0) is 0 Å². The number of carbonyl (C=O) groups excluding carboxylic acids is 1. The fraction of sp³-hybridized carbons (Fsp3) is 0.333. The van der Waals surface area contributed by atoms with E-state index in [-0.39, 0.29) is 11.9 Å². The van der Waals surface area contributed by atoms with E-state index in [1.165, 1.54) is 0 Å². The van der Waals surface area contributed by atoms with Crippen molar-refractivity contribution in [2.45, 2.75) is 13.0 Å². The summed E-state index contributed by atoms with van der Waals surface area (Å²) in [4.78, 5) is 14.0. The summed E-state index contributed by atoms with van der Waals surface area (Å²) in [6.07, 6.45) is 0. The van der Waals surface area contributed by atoms with E-state index >= 15 is 0 Å². The summed E-state index contributed by atoms with van der Waals surface area (Å²) in [7, 11) is 4.99. The SMILES string of the molecule is COc1ccc([C@H]2c3c(n[nH]c3C)C(=O)N2C)c(OC)c1. The molecule has 2 heterocycles. The molecule has 0 bridgehead atoms. The number of aryl methyl sites for hydroxylation is 1. The zero-order valence-corrected chi connectivity index (χ0v) is 12.4. The quantitative estimate of drug-likeness (QED) is 0.936. The summed E-state index contributed by atoms with van der Waals surface area (Å²) in [6, 6.07) is 5.41. The van der Waals surface area contributed by atoms with E-state index in [9.17, 15) is 4.79 Å². The average molecular weight is 287 g/mol. The van der Waals surface area contributed by atoms with E-state index in [0.29, 0.717) is 17.2 Å². The number of nitrogens with zero attached hydrogens (tertiary/aromatic N) is 2. The van der Waals surface area contributed by atoms with Crippen LogP contribution in [0.1, 0.15) is 33.4 Å². The number of methoxy groups -OCH3 is 2. The Bertz CT molecular complexity index is 708. The highest BCUT2D eigenvalue weighted by Crippen LogP contribution is 2.42. The summed E-state index contributed by atoms with van der Waals surface area (Å²) in [5.41, 5.74) is 3.20. The molecule has 2 aromatic rings. The molecule has 0 saturated carbocycles. The third kappa shape index (κ3) is 1.86. The first-order valence-electron chi connectivity index (χ1n) is 6.62. The first-order chi connectivity index (χ1) is 10.1. The Hall–Kier alpha value is -2.50. The lowest BCUT2D eigenvalue weighted by Crippen LogP contribution is -2.25. The van der Waals surface area contributed by atoms with Crippen LogP contribution in [0.3, 0.4) is 0 Å². The van der Waals surface area contributed by atoms with Gasteiger partial charge in [0, 0.05) is 29.9 Å². The molecule has 6 heteroatoms. The van der Waals surface area contributed by atoms with Crippen LogP contribution in [0, 0.1) is 6.92 Å². The van der Waals surface area contributed by atoms with Gasteiger partial charge in [-0.25, -0.2) is 0 Å². The number of aromatic nitrogens is 2. The van der Waals surface area contributed by atoms with E-state index in [1.54, 1.807) is 26.2 Å². The lowest BCUT2D eigenvalue weighted by Gasteiger charge is -2.23. The monoisotopic (exact) mass is 287 g/mol. The van der Waals surface area contributed by atoms with Crippen molar-refractivity contribution in [3.63, 3.8) is 0 Å². The third-order valence-corrected chi connectivity index (χ3v) is 3.91. The smallest absolute Gasteiger partial charge is 0.275 e. The predicted molar refractivity (Wildman–Crippen MR) is 76.8 cm³/mol. The van der Waals surface area contributed by atoms with Crippen LogP contribution in [0.25, 0.3) is 0 Å². The van der Waals surface area contributed by atoms with Crippen LogP contribution in [0.4, 0.5) is 0 Å². The van der Waals surface area contributed by atoms with Gasteiger partial charge in [-0.05, 0) is 19.1 Å². The Morgan fingerprint density at radius 1 is 1.29 bits per heavy atom. The van der Waals surface area contributed by atoms with Crippen LogP contribution >= 0.6 is 0 Å². The molecule has 1 aliphatic rings. The molecule has 1 amide bonds. The highest BCUT2D eigenvalue weighted by molar-refractivity contribution is 5.98. The molecule has 3 rings (SSSR count). The lowest BCUT2D eigenvalue weighted by molar-refractivity contribution is 0.0786. The second kappa shape index (κ2) is 4.80. The maximum atomic E-state index is 12.3. The Kier molecular flexibility index (Phi) is 3.08. The van der Waals surface area contributed by atoms with Crippen LogP contribution in [0.2, 0.25) is 0 Å². The van der Waals surface area contributed by atoms with Gasteiger partial charge in [0.15, 0.2) is 5.69 Å². The topological polar surface area (TPSA) is 67.5 Å². The van der Waals surface area contributed by atoms with Gasteiger partial charge in [0.1, 0.15) is 11.5 Å². The number of carbonyl (C=O) groups is 1. The molecule has 0 fully saturated rings. The minimum atomic E-state index is -0.202. The van der Waals surface area contributed by atoms with Crippen molar-refractivity contribution in [2.75, 3.05) is 21.3 Å². The maximum Gasteiger partial charge on any atom is 0.275 e. The Morgan fingerprint density at radius 2 is 2.05 bits per heavy atom. The Labute approximate surface area is 122 Å². The molecule has 110 valence electrons. The Balaban J connectivity index is 2.16. The van der Waals surface area contributed by atoms with Gasteiger partial charge in [0.25, 0.3) is 5.91 Å². The summed E-state index contributed by atoms with van der Waals surface area (Å²) in [5.74, 6) is 1.32. The van der Waals surface area contributed by atoms with Crippen molar-refractivity contribution in [3.8, 4) is 11.5 Å². The summed E-state index contributed by atoms with van der Waals surface area (Å²) >= 11 is 0. The van der Waals surface area contributed by atoms with Gasteiger partial charge >= 0.3 is 0 Å². The number of hydrogen-bond donors (Lipinski definition) is 1. The molecule has 0 radical (unpaired) electrons. The molecule has 1 aromatic carbocycles. The van der Waals surface area contributed by atoms with E-state index in [1.807, 2.05) is 25.1 Å². The van der Waals surface area contributed by atoms with Crippen LogP contribution < -0.4 is 9.47 Å². The second-order valence-corrected chi connectivity index (χ2v) is 5.04. The van der Waals surface area contributed by atoms with Gasteiger partial charge in [-0.1, -0.05) is 0 Å². The average Bonchev–Trinajstić information content (AvgIpc) is 2.99. The zero-order chi connectivity index (χ0) is 15.1. The minimum absolute atomic E-state index is 0.0859. The maximum absolute atomic E-state index is 12.3. The molecular formula is C15H17N3O3. The highest BCUT2D eigenvalue weighted by Gasteiger charge is 2.40. The fourth-order valence-corrected chi connectivity index (χ4v) is 2.82. The van der Waals surface area contributed by atoms with Gasteiger partial charge < -0.3 is 14.4 Å². The van der Waals surface area contributed by atoms with E-state index in [4.69, 9.17) is 9.47 Å². The van der Waals surface area contributed by atoms with Crippen molar-refractivity contribution >= 4 is 5.91 Å². The summed E-state index contributed by atoms with van der Waals surface area (Å²) in [5, 5.41) is 7.00. The van der Waals surface area contributed by atoms with Crippen LogP contribution in [-0.4, -0.2) is 42.3 Å². The van der Waals surface area contributed by atoms with E-state index in [0.717, 1.165) is 16.8 Å². The number of H-pyrrole nitrogens is 1. The first-order valence-corrected chi connectivity index (χ1v) is 6.62. The molecule has 1 N–H and O–H groups in total. The fourth-order valence-electron chi connectivity index (χ4n) is 2.82. The Morgan fingerprint density at radius 3 is 2.71 bits per heavy atom. The van der Waals surface area contributed by atoms with E-state index in [2.05, 4.69) is 10.2 Å². The molecule has 6 nitrogen and oxygen atoms in total. The van der Waals surface area contributed by atoms with Crippen molar-refractivity contribution in [1.29, 1.82) is 0 Å². The van der Waals surface area contributed by atoms with Crippen molar-refractivity contribution in [2.24, 2.45) is 0 Å². The summed E-state index contributed by atoms with van der Waals surface area (Å²) in [6.45, 7) is 1.92. The number of amides is 1. The first kappa shape index (κ1) is 13.5. The standard InChI is InChI=1S/C15H17N3O3/c1-8-12-13(17-16-8)15(19)18(2)14(12)10-6-5-9(20-3)7-11(10)21-4/h5-7,14H,1-4H3,(H,16,17)/t14-/m0/s1. The van der Waals surface area contributed by atoms with Crippen molar-refractivity contribution < 1.29 is 14.3 Å². The van der Waals surface area contributed by atoms with Gasteiger partial charge in [0.05, 0.1) is 20.3 Å². The third-order valence-electron chi connectivity index (χ3n) is 3.91. The number of fused-ring (bicyclic) bond motifs is 1.